The first-order valence-electron chi connectivity index (χ1n) is 7.94. The van der Waals surface area contributed by atoms with Gasteiger partial charge in [-0.15, -0.1) is 0 Å². The van der Waals surface area contributed by atoms with E-state index in [4.69, 9.17) is 5.84 Å². The van der Waals surface area contributed by atoms with Crippen molar-refractivity contribution in [1.82, 2.24) is 5.43 Å². The molecule has 3 N–H and O–H groups in total. The molecule has 2 heteroatoms. The molecule has 0 heterocycles. The van der Waals surface area contributed by atoms with Gasteiger partial charge in [-0.05, 0) is 48.3 Å². The van der Waals surface area contributed by atoms with Gasteiger partial charge in [-0.1, -0.05) is 50.3 Å². The Hall–Kier alpha value is -0.860. The van der Waals surface area contributed by atoms with Crippen LogP contribution in [0, 0.1) is 5.92 Å². The van der Waals surface area contributed by atoms with Crippen molar-refractivity contribution in [2.75, 3.05) is 0 Å². The van der Waals surface area contributed by atoms with Crippen molar-refractivity contribution in [3.8, 4) is 0 Å². The van der Waals surface area contributed by atoms with E-state index in [2.05, 4.69) is 23.6 Å². The first-order chi connectivity index (χ1) is 9.36. The summed E-state index contributed by atoms with van der Waals surface area (Å²) >= 11 is 0. The van der Waals surface area contributed by atoms with Gasteiger partial charge in [0.25, 0.3) is 0 Å². The molecule has 1 aromatic carbocycles. The Morgan fingerprint density at radius 1 is 1.05 bits per heavy atom. The van der Waals surface area contributed by atoms with Gasteiger partial charge in [-0.25, -0.2) is 0 Å². The molecule has 1 unspecified atom stereocenters. The van der Waals surface area contributed by atoms with Crippen LogP contribution in [0.1, 0.15) is 67.7 Å². The number of rotatable bonds is 4. The van der Waals surface area contributed by atoms with E-state index in [1.54, 1.807) is 11.1 Å². The molecule has 2 aliphatic rings. The Bertz CT molecular complexity index is 421. The van der Waals surface area contributed by atoms with Crippen LogP contribution >= 0.6 is 0 Å². The lowest BCUT2D eigenvalue weighted by molar-refractivity contribution is 0.301. The highest BCUT2D eigenvalue weighted by Crippen LogP contribution is 2.33. The number of nitrogens with two attached hydrogens (primary N) is 1. The maximum atomic E-state index is 5.82. The largest absolute Gasteiger partial charge is 0.271 e. The molecule has 1 aromatic rings. The average molecular weight is 258 g/mol. The molecule has 0 amide bonds. The van der Waals surface area contributed by atoms with Gasteiger partial charge in [0.15, 0.2) is 0 Å². The van der Waals surface area contributed by atoms with E-state index in [0.29, 0.717) is 6.04 Å². The van der Waals surface area contributed by atoms with Crippen LogP contribution in [-0.4, -0.2) is 0 Å². The van der Waals surface area contributed by atoms with Crippen molar-refractivity contribution in [1.29, 1.82) is 0 Å². The van der Waals surface area contributed by atoms with E-state index in [-0.39, 0.29) is 0 Å². The third kappa shape index (κ3) is 3.01. The molecule has 2 nitrogen and oxygen atoms in total. The summed E-state index contributed by atoms with van der Waals surface area (Å²) in [5.41, 5.74) is 7.56. The number of hydrazine groups is 1. The molecule has 3 rings (SSSR count). The van der Waals surface area contributed by atoms with Crippen LogP contribution in [0.2, 0.25) is 0 Å². The molecular formula is C17H26N2. The van der Waals surface area contributed by atoms with Gasteiger partial charge in [0.2, 0.25) is 0 Å². The van der Waals surface area contributed by atoms with Crippen LogP contribution in [-0.2, 0) is 12.8 Å². The van der Waals surface area contributed by atoms with Crippen molar-refractivity contribution in [3.63, 3.8) is 0 Å². The van der Waals surface area contributed by atoms with Crippen LogP contribution in [0.15, 0.2) is 18.2 Å². The average Bonchev–Trinajstić information content (AvgIpc) is 2.93. The Morgan fingerprint density at radius 3 is 2.63 bits per heavy atom. The summed E-state index contributed by atoms with van der Waals surface area (Å²) in [5.74, 6) is 6.68. The molecule has 1 atom stereocenters. The second kappa shape index (κ2) is 6.06. The fourth-order valence-corrected chi connectivity index (χ4v) is 3.87. The molecule has 0 saturated heterocycles. The van der Waals surface area contributed by atoms with Crippen LogP contribution < -0.4 is 11.3 Å². The number of hydrogen-bond donors (Lipinski definition) is 2. The molecule has 1 saturated carbocycles. The van der Waals surface area contributed by atoms with E-state index in [1.807, 2.05) is 0 Å². The van der Waals surface area contributed by atoms with Crippen molar-refractivity contribution >= 4 is 0 Å². The molecular weight excluding hydrogens is 232 g/mol. The van der Waals surface area contributed by atoms with Gasteiger partial charge >= 0.3 is 0 Å². The number of benzene rings is 1. The van der Waals surface area contributed by atoms with Crippen molar-refractivity contribution in [2.45, 2.75) is 63.8 Å². The van der Waals surface area contributed by atoms with Crippen molar-refractivity contribution in [3.05, 3.63) is 34.9 Å². The lowest BCUT2D eigenvalue weighted by Crippen LogP contribution is -2.30. The smallest absolute Gasteiger partial charge is 0.0462 e. The van der Waals surface area contributed by atoms with E-state index in [1.165, 1.54) is 63.4 Å². The van der Waals surface area contributed by atoms with Gasteiger partial charge in [0.05, 0.1) is 0 Å². The van der Waals surface area contributed by atoms with E-state index >= 15 is 0 Å². The zero-order valence-electron chi connectivity index (χ0n) is 11.8. The zero-order valence-corrected chi connectivity index (χ0v) is 11.8. The minimum absolute atomic E-state index is 0.342. The molecule has 0 aromatic heterocycles. The van der Waals surface area contributed by atoms with Crippen LogP contribution in [0.3, 0.4) is 0 Å². The predicted octanol–water partition coefficient (Wildman–Crippen LogP) is 3.65. The number of aryl methyl sites for hydroxylation is 2. The highest BCUT2D eigenvalue weighted by molar-refractivity contribution is 5.36. The SMILES string of the molecule is NNC(CC1CCCCC1)c1ccc2c(c1)CCC2. The Morgan fingerprint density at radius 2 is 1.84 bits per heavy atom. The molecule has 1 fully saturated rings. The second-order valence-corrected chi connectivity index (χ2v) is 6.34. The highest BCUT2D eigenvalue weighted by atomic mass is 15.2. The first-order valence-corrected chi connectivity index (χ1v) is 7.94. The highest BCUT2D eigenvalue weighted by Gasteiger charge is 2.20. The minimum Gasteiger partial charge on any atom is -0.271 e. The Balaban J connectivity index is 1.70. The lowest BCUT2D eigenvalue weighted by atomic mass is 9.83. The van der Waals surface area contributed by atoms with Gasteiger partial charge in [0.1, 0.15) is 0 Å². The van der Waals surface area contributed by atoms with E-state index < -0.39 is 0 Å². The van der Waals surface area contributed by atoms with Crippen LogP contribution in [0.4, 0.5) is 0 Å². The van der Waals surface area contributed by atoms with Crippen molar-refractivity contribution < 1.29 is 0 Å². The summed E-state index contributed by atoms with van der Waals surface area (Å²) < 4.78 is 0. The summed E-state index contributed by atoms with van der Waals surface area (Å²) in [6, 6.07) is 7.35. The van der Waals surface area contributed by atoms with Gasteiger partial charge < -0.3 is 0 Å². The molecule has 0 bridgehead atoms. The summed E-state index contributed by atoms with van der Waals surface area (Å²) in [6.07, 6.45) is 12.1. The van der Waals surface area contributed by atoms with Gasteiger partial charge in [0, 0.05) is 6.04 Å². The third-order valence-electron chi connectivity index (χ3n) is 5.02. The third-order valence-corrected chi connectivity index (χ3v) is 5.02. The summed E-state index contributed by atoms with van der Waals surface area (Å²) in [4.78, 5) is 0. The normalized spacial score (nSPS) is 21.3. The lowest BCUT2D eigenvalue weighted by Gasteiger charge is -2.26. The number of hydrogen-bond acceptors (Lipinski definition) is 2. The summed E-state index contributed by atoms with van der Waals surface area (Å²) in [5, 5.41) is 0. The molecule has 104 valence electrons. The van der Waals surface area contributed by atoms with Gasteiger partial charge in [-0.3, -0.25) is 11.3 Å². The Kier molecular flexibility index (Phi) is 4.19. The summed E-state index contributed by atoms with van der Waals surface area (Å²) in [6.45, 7) is 0. The molecule has 19 heavy (non-hydrogen) atoms. The topological polar surface area (TPSA) is 38.0 Å². The van der Waals surface area contributed by atoms with Gasteiger partial charge in [-0.2, -0.15) is 0 Å². The number of fused-ring (bicyclic) bond motifs is 1. The zero-order chi connectivity index (χ0) is 13.1. The maximum absolute atomic E-state index is 5.82. The van der Waals surface area contributed by atoms with Crippen LogP contribution in [0.5, 0.6) is 0 Å². The molecule has 0 spiro atoms. The number of nitrogens with one attached hydrogen (secondary N) is 1. The fourth-order valence-electron chi connectivity index (χ4n) is 3.87. The second-order valence-electron chi connectivity index (χ2n) is 6.34. The quantitative estimate of drug-likeness (QED) is 0.639. The first kappa shape index (κ1) is 13.1. The fraction of sp³-hybridized carbons (Fsp3) is 0.647. The Labute approximate surface area is 116 Å². The minimum atomic E-state index is 0.342. The predicted molar refractivity (Wildman–Crippen MR) is 79.7 cm³/mol. The van der Waals surface area contributed by atoms with Crippen LogP contribution in [0.25, 0.3) is 0 Å². The standard InChI is InChI=1S/C17H26N2/c18-19-17(11-13-5-2-1-3-6-13)16-10-9-14-7-4-8-15(14)12-16/h9-10,12-13,17,19H,1-8,11,18H2. The molecule has 2 aliphatic carbocycles. The maximum Gasteiger partial charge on any atom is 0.0462 e. The van der Waals surface area contributed by atoms with E-state index in [0.717, 1.165) is 5.92 Å². The van der Waals surface area contributed by atoms with E-state index in [9.17, 15) is 0 Å². The monoisotopic (exact) mass is 258 g/mol. The molecule has 0 radical (unpaired) electrons. The van der Waals surface area contributed by atoms with Crippen molar-refractivity contribution in [2.24, 2.45) is 11.8 Å². The summed E-state index contributed by atoms with van der Waals surface area (Å²) in [7, 11) is 0. The molecule has 0 aliphatic heterocycles.